The molecule has 1 aromatic carbocycles. The lowest BCUT2D eigenvalue weighted by Gasteiger charge is -2.00. The monoisotopic (exact) mass is 375 g/mol. The smallest absolute Gasteiger partial charge is 0.269 e. The number of nitrogens with one attached hydrogen (secondary N) is 1. The second kappa shape index (κ2) is 7.41. The fraction of sp³-hybridized carbons (Fsp3) is 0.278. The molecule has 0 aliphatic carbocycles. The summed E-state index contributed by atoms with van der Waals surface area (Å²) in [5, 5.41) is 6.07. The molecule has 25 heavy (non-hydrogen) atoms. The molecule has 2 heterocycles. The highest BCUT2D eigenvalue weighted by Crippen LogP contribution is 2.27. The highest BCUT2D eigenvalue weighted by Gasteiger charge is 2.17. The van der Waals surface area contributed by atoms with Gasteiger partial charge < -0.3 is 0 Å². The largest absolute Gasteiger partial charge is 0.297 e. The quantitative estimate of drug-likeness (QED) is 0.670. The van der Waals surface area contributed by atoms with Gasteiger partial charge in [0.25, 0.3) is 5.91 Å². The summed E-state index contributed by atoms with van der Waals surface area (Å²) in [5.41, 5.74) is 2.06. The third-order valence-corrected chi connectivity index (χ3v) is 5.41. The zero-order chi connectivity index (χ0) is 18.0. The predicted octanol–water partition coefficient (Wildman–Crippen LogP) is 5.16. The van der Waals surface area contributed by atoms with E-state index in [1.807, 2.05) is 6.92 Å². The lowest BCUT2D eigenvalue weighted by molar-refractivity contribution is 0.103. The van der Waals surface area contributed by atoms with Crippen molar-refractivity contribution in [3.05, 3.63) is 51.0 Å². The molecule has 0 fully saturated rings. The first kappa shape index (κ1) is 17.7. The average molecular weight is 375 g/mol. The molecule has 3 aromatic rings. The van der Waals surface area contributed by atoms with Gasteiger partial charge in [-0.05, 0) is 25.0 Å². The SMILES string of the molecule is Cc1nc(CC(C)C)sc1C(=O)Nc1nc(-c2cccc(F)c2)cs1. The van der Waals surface area contributed by atoms with E-state index in [4.69, 9.17) is 0 Å². The number of anilines is 1. The Bertz CT molecular complexity index is 901. The Morgan fingerprint density at radius 1 is 1.32 bits per heavy atom. The van der Waals surface area contributed by atoms with Crippen molar-refractivity contribution in [2.45, 2.75) is 27.2 Å². The summed E-state index contributed by atoms with van der Waals surface area (Å²) in [6.45, 7) is 6.09. The van der Waals surface area contributed by atoms with Crippen LogP contribution in [0.25, 0.3) is 11.3 Å². The van der Waals surface area contributed by atoms with Crippen LogP contribution in [0.3, 0.4) is 0 Å². The van der Waals surface area contributed by atoms with Crippen LogP contribution in [-0.2, 0) is 6.42 Å². The van der Waals surface area contributed by atoms with E-state index in [1.165, 1.54) is 34.8 Å². The van der Waals surface area contributed by atoms with Crippen molar-refractivity contribution in [1.82, 2.24) is 9.97 Å². The fourth-order valence-corrected chi connectivity index (χ4v) is 4.25. The predicted molar refractivity (Wildman–Crippen MR) is 101 cm³/mol. The van der Waals surface area contributed by atoms with E-state index < -0.39 is 0 Å². The molecule has 0 spiro atoms. The molecule has 0 saturated carbocycles. The zero-order valence-electron chi connectivity index (χ0n) is 14.2. The molecule has 0 radical (unpaired) electrons. The first-order chi connectivity index (χ1) is 11.9. The molecule has 2 aromatic heterocycles. The van der Waals surface area contributed by atoms with E-state index in [2.05, 4.69) is 29.1 Å². The van der Waals surface area contributed by atoms with Gasteiger partial charge in [-0.1, -0.05) is 26.0 Å². The van der Waals surface area contributed by atoms with Crippen LogP contribution in [0.15, 0.2) is 29.6 Å². The maximum atomic E-state index is 13.3. The topological polar surface area (TPSA) is 54.9 Å². The molecular formula is C18H18FN3OS2. The Labute approximate surface area is 153 Å². The Morgan fingerprint density at radius 3 is 2.84 bits per heavy atom. The molecule has 1 N–H and O–H groups in total. The number of aromatic nitrogens is 2. The Hall–Kier alpha value is -2.12. The molecule has 3 rings (SSSR count). The van der Waals surface area contributed by atoms with Gasteiger partial charge in [0.1, 0.15) is 10.7 Å². The van der Waals surface area contributed by atoms with Crippen LogP contribution in [0.4, 0.5) is 9.52 Å². The second-order valence-electron chi connectivity index (χ2n) is 6.12. The lowest BCUT2D eigenvalue weighted by atomic mass is 10.1. The number of aryl methyl sites for hydroxylation is 1. The number of nitrogens with zero attached hydrogens (tertiary/aromatic N) is 2. The van der Waals surface area contributed by atoms with Gasteiger partial charge in [-0.2, -0.15) is 0 Å². The maximum absolute atomic E-state index is 13.3. The fourth-order valence-electron chi connectivity index (χ4n) is 2.36. The minimum Gasteiger partial charge on any atom is -0.297 e. The van der Waals surface area contributed by atoms with E-state index in [0.29, 0.717) is 27.2 Å². The standard InChI is InChI=1S/C18H18FN3OS2/c1-10(2)7-15-20-11(3)16(25-15)17(23)22-18-21-14(9-24-18)12-5-4-6-13(19)8-12/h4-6,8-10H,7H2,1-3H3,(H,21,22,23). The number of amides is 1. The number of halogens is 1. The van der Waals surface area contributed by atoms with Crippen LogP contribution in [0, 0.1) is 18.7 Å². The molecule has 0 atom stereocenters. The van der Waals surface area contributed by atoms with Crippen molar-refractivity contribution in [1.29, 1.82) is 0 Å². The number of hydrogen-bond acceptors (Lipinski definition) is 5. The third-order valence-electron chi connectivity index (χ3n) is 3.48. The number of hydrogen-bond donors (Lipinski definition) is 1. The number of carbonyl (C=O) groups excluding carboxylic acids is 1. The van der Waals surface area contributed by atoms with Crippen molar-refractivity contribution >= 4 is 33.7 Å². The van der Waals surface area contributed by atoms with Gasteiger partial charge >= 0.3 is 0 Å². The van der Waals surface area contributed by atoms with Crippen molar-refractivity contribution in [2.24, 2.45) is 5.92 Å². The molecule has 0 bridgehead atoms. The Kier molecular flexibility index (Phi) is 5.24. The van der Waals surface area contributed by atoms with Gasteiger partial charge in [-0.25, -0.2) is 14.4 Å². The van der Waals surface area contributed by atoms with Crippen LogP contribution in [0.5, 0.6) is 0 Å². The van der Waals surface area contributed by atoms with Crippen LogP contribution >= 0.6 is 22.7 Å². The summed E-state index contributed by atoms with van der Waals surface area (Å²) >= 11 is 2.74. The van der Waals surface area contributed by atoms with Crippen LogP contribution < -0.4 is 5.32 Å². The minimum atomic E-state index is -0.311. The van der Waals surface area contributed by atoms with Gasteiger partial charge in [0, 0.05) is 17.4 Å². The van der Waals surface area contributed by atoms with Gasteiger partial charge in [0.15, 0.2) is 5.13 Å². The first-order valence-corrected chi connectivity index (χ1v) is 9.61. The first-order valence-electron chi connectivity index (χ1n) is 7.91. The molecule has 1 amide bonds. The minimum absolute atomic E-state index is 0.204. The van der Waals surface area contributed by atoms with E-state index in [0.717, 1.165) is 17.1 Å². The highest BCUT2D eigenvalue weighted by atomic mass is 32.1. The maximum Gasteiger partial charge on any atom is 0.269 e. The number of benzene rings is 1. The summed E-state index contributed by atoms with van der Waals surface area (Å²) in [7, 11) is 0. The molecule has 130 valence electrons. The number of thiazole rings is 2. The molecule has 0 unspecified atom stereocenters. The van der Waals surface area contributed by atoms with Crippen LogP contribution in [-0.4, -0.2) is 15.9 Å². The van der Waals surface area contributed by atoms with Crippen LogP contribution in [0.1, 0.15) is 34.2 Å². The van der Waals surface area contributed by atoms with Crippen molar-refractivity contribution in [3.63, 3.8) is 0 Å². The third kappa shape index (κ3) is 4.29. The summed E-state index contributed by atoms with van der Waals surface area (Å²) in [5.74, 6) is -0.0200. The van der Waals surface area contributed by atoms with E-state index in [9.17, 15) is 9.18 Å². The average Bonchev–Trinajstić information content (AvgIpc) is 3.13. The van der Waals surface area contributed by atoms with Gasteiger partial charge in [0.2, 0.25) is 0 Å². The molecule has 0 aliphatic heterocycles. The Morgan fingerprint density at radius 2 is 2.12 bits per heavy atom. The number of rotatable bonds is 5. The van der Waals surface area contributed by atoms with E-state index in [1.54, 1.807) is 17.5 Å². The lowest BCUT2D eigenvalue weighted by Crippen LogP contribution is -2.11. The second-order valence-corrected chi connectivity index (χ2v) is 8.06. The van der Waals surface area contributed by atoms with E-state index in [-0.39, 0.29) is 11.7 Å². The van der Waals surface area contributed by atoms with E-state index >= 15 is 0 Å². The van der Waals surface area contributed by atoms with Gasteiger partial charge in [0.05, 0.1) is 16.4 Å². The van der Waals surface area contributed by atoms with Crippen LogP contribution in [0.2, 0.25) is 0 Å². The summed E-state index contributed by atoms with van der Waals surface area (Å²) in [6, 6.07) is 6.24. The highest BCUT2D eigenvalue weighted by molar-refractivity contribution is 7.15. The molecule has 4 nitrogen and oxygen atoms in total. The van der Waals surface area contributed by atoms with Crippen molar-refractivity contribution in [2.75, 3.05) is 5.32 Å². The number of carbonyl (C=O) groups is 1. The summed E-state index contributed by atoms with van der Waals surface area (Å²) in [4.78, 5) is 22.0. The van der Waals surface area contributed by atoms with Crippen molar-refractivity contribution in [3.8, 4) is 11.3 Å². The summed E-state index contributed by atoms with van der Waals surface area (Å²) < 4.78 is 13.3. The molecule has 7 heteroatoms. The molecule has 0 saturated heterocycles. The van der Waals surface area contributed by atoms with Gasteiger partial charge in [-0.3, -0.25) is 10.1 Å². The molecular weight excluding hydrogens is 357 g/mol. The van der Waals surface area contributed by atoms with Crippen molar-refractivity contribution < 1.29 is 9.18 Å². The Balaban J connectivity index is 1.75. The normalized spacial score (nSPS) is 11.1. The zero-order valence-corrected chi connectivity index (χ0v) is 15.8. The van der Waals surface area contributed by atoms with Gasteiger partial charge in [-0.15, -0.1) is 22.7 Å². The molecule has 0 aliphatic rings. The summed E-state index contributed by atoms with van der Waals surface area (Å²) in [6.07, 6.45) is 0.861.